The lowest BCUT2D eigenvalue weighted by Gasteiger charge is -2.29. The first-order chi connectivity index (χ1) is 10.6. The zero-order valence-corrected chi connectivity index (χ0v) is 13.4. The van der Waals surface area contributed by atoms with Crippen molar-refractivity contribution in [3.63, 3.8) is 0 Å². The molecule has 2 rings (SSSR count). The molecule has 6 nitrogen and oxygen atoms in total. The van der Waals surface area contributed by atoms with Gasteiger partial charge in [-0.25, -0.2) is 0 Å². The molecule has 1 saturated carbocycles. The molecule has 2 unspecified atom stereocenters. The number of ether oxygens (including phenoxy) is 2. The Morgan fingerprint density at radius 3 is 2.45 bits per heavy atom. The van der Waals surface area contributed by atoms with E-state index in [0.29, 0.717) is 35.6 Å². The summed E-state index contributed by atoms with van der Waals surface area (Å²) < 4.78 is 10.4. The summed E-state index contributed by atoms with van der Waals surface area (Å²) in [6.07, 6.45) is 4.83. The van der Waals surface area contributed by atoms with Crippen LogP contribution < -0.4 is 14.8 Å². The maximum absolute atomic E-state index is 11.3. The molecule has 1 aliphatic rings. The highest BCUT2D eigenvalue weighted by molar-refractivity contribution is 5.54. The minimum atomic E-state index is -0.372. The number of nitro groups is 1. The van der Waals surface area contributed by atoms with Crippen molar-refractivity contribution in [2.45, 2.75) is 45.2 Å². The van der Waals surface area contributed by atoms with Crippen LogP contribution in [0.2, 0.25) is 0 Å². The van der Waals surface area contributed by atoms with Gasteiger partial charge in [0.15, 0.2) is 11.5 Å². The van der Waals surface area contributed by atoms with E-state index in [0.717, 1.165) is 6.42 Å². The van der Waals surface area contributed by atoms with Gasteiger partial charge in [-0.2, -0.15) is 0 Å². The maximum Gasteiger partial charge on any atom is 0.277 e. The van der Waals surface area contributed by atoms with Crippen molar-refractivity contribution in [3.8, 4) is 11.5 Å². The second-order valence-corrected chi connectivity index (χ2v) is 5.84. The first-order valence-corrected chi connectivity index (χ1v) is 7.69. The van der Waals surface area contributed by atoms with Gasteiger partial charge in [0, 0.05) is 18.2 Å². The molecule has 1 aromatic rings. The summed E-state index contributed by atoms with van der Waals surface area (Å²) in [6, 6.07) is 3.54. The van der Waals surface area contributed by atoms with Crippen molar-refractivity contribution in [3.05, 3.63) is 27.8 Å². The molecule has 0 amide bonds. The topological polar surface area (TPSA) is 73.6 Å². The smallest absolute Gasteiger partial charge is 0.277 e. The van der Waals surface area contributed by atoms with Crippen LogP contribution >= 0.6 is 0 Å². The minimum absolute atomic E-state index is 0.0635. The predicted molar refractivity (Wildman–Crippen MR) is 84.5 cm³/mol. The number of hydrogen-bond acceptors (Lipinski definition) is 5. The summed E-state index contributed by atoms with van der Waals surface area (Å²) in [5, 5.41) is 14.8. The number of nitrogens with one attached hydrogen (secondary N) is 1. The lowest BCUT2D eigenvalue weighted by molar-refractivity contribution is -0.385. The Balaban J connectivity index is 2.19. The standard InChI is InChI=1S/C16H24N2O4/c1-11-6-4-5-7-13(11)17-10-12-8-15(21-2)16(22-3)9-14(12)18(19)20/h8-9,11,13,17H,4-7,10H2,1-3H3. The molecule has 0 aromatic heterocycles. The highest BCUT2D eigenvalue weighted by Crippen LogP contribution is 2.34. The van der Waals surface area contributed by atoms with Gasteiger partial charge in [-0.3, -0.25) is 10.1 Å². The molecule has 0 bridgehead atoms. The number of hydrogen-bond donors (Lipinski definition) is 1. The lowest BCUT2D eigenvalue weighted by atomic mass is 9.86. The summed E-state index contributed by atoms with van der Waals surface area (Å²) in [7, 11) is 3.01. The van der Waals surface area contributed by atoms with Crippen molar-refractivity contribution in [2.75, 3.05) is 14.2 Å². The molecular weight excluding hydrogens is 284 g/mol. The van der Waals surface area contributed by atoms with Gasteiger partial charge < -0.3 is 14.8 Å². The Hall–Kier alpha value is -1.82. The van der Waals surface area contributed by atoms with Gasteiger partial charge in [-0.15, -0.1) is 0 Å². The van der Waals surface area contributed by atoms with Gasteiger partial charge in [0.2, 0.25) is 0 Å². The van der Waals surface area contributed by atoms with Crippen molar-refractivity contribution in [1.29, 1.82) is 0 Å². The highest BCUT2D eigenvalue weighted by atomic mass is 16.6. The minimum Gasteiger partial charge on any atom is -0.493 e. The van der Waals surface area contributed by atoms with Crippen molar-refractivity contribution in [1.82, 2.24) is 5.32 Å². The van der Waals surface area contributed by atoms with Crippen molar-refractivity contribution < 1.29 is 14.4 Å². The average Bonchev–Trinajstić information content (AvgIpc) is 2.53. The van der Waals surface area contributed by atoms with Crippen LogP contribution in [0.15, 0.2) is 12.1 Å². The van der Waals surface area contributed by atoms with E-state index < -0.39 is 0 Å². The van der Waals surface area contributed by atoms with Crippen molar-refractivity contribution >= 4 is 5.69 Å². The van der Waals surface area contributed by atoms with Gasteiger partial charge >= 0.3 is 0 Å². The number of methoxy groups -OCH3 is 2. The highest BCUT2D eigenvalue weighted by Gasteiger charge is 2.23. The van der Waals surface area contributed by atoms with Gasteiger partial charge in [0.05, 0.1) is 25.2 Å². The molecule has 22 heavy (non-hydrogen) atoms. The molecule has 0 spiro atoms. The summed E-state index contributed by atoms with van der Waals surface area (Å²) in [4.78, 5) is 10.9. The second-order valence-electron chi connectivity index (χ2n) is 5.84. The molecule has 1 aromatic carbocycles. The van der Waals surface area contributed by atoms with Crippen LogP contribution in [0.25, 0.3) is 0 Å². The molecule has 1 fully saturated rings. The Labute approximate surface area is 131 Å². The fourth-order valence-corrected chi connectivity index (χ4v) is 3.08. The lowest BCUT2D eigenvalue weighted by Crippen LogP contribution is -2.36. The van der Waals surface area contributed by atoms with E-state index in [9.17, 15) is 10.1 Å². The molecule has 0 heterocycles. The first-order valence-electron chi connectivity index (χ1n) is 7.69. The van der Waals surface area contributed by atoms with E-state index >= 15 is 0 Å². The summed E-state index contributed by atoms with van der Waals surface area (Å²) in [6.45, 7) is 2.70. The van der Waals surface area contributed by atoms with E-state index in [1.807, 2.05) is 0 Å². The number of nitro benzene ring substituents is 1. The van der Waals surface area contributed by atoms with Gasteiger partial charge in [0.1, 0.15) is 0 Å². The Bertz CT molecular complexity index is 533. The van der Waals surface area contributed by atoms with Crippen LogP contribution in [-0.4, -0.2) is 25.2 Å². The van der Waals surface area contributed by atoms with E-state index in [2.05, 4.69) is 12.2 Å². The van der Waals surface area contributed by atoms with Gasteiger partial charge in [-0.1, -0.05) is 19.8 Å². The zero-order chi connectivity index (χ0) is 16.1. The molecule has 2 atom stereocenters. The Morgan fingerprint density at radius 2 is 1.86 bits per heavy atom. The summed E-state index contributed by atoms with van der Waals surface area (Å²) in [5.74, 6) is 1.50. The van der Waals surface area contributed by atoms with Crippen LogP contribution in [0.3, 0.4) is 0 Å². The average molecular weight is 308 g/mol. The third-order valence-electron chi connectivity index (χ3n) is 4.45. The largest absolute Gasteiger partial charge is 0.493 e. The molecule has 122 valence electrons. The predicted octanol–water partition coefficient (Wildman–Crippen LogP) is 3.28. The molecule has 1 N–H and O–H groups in total. The molecule has 0 saturated heterocycles. The maximum atomic E-state index is 11.3. The van der Waals surface area contributed by atoms with Gasteiger partial charge in [-0.05, 0) is 24.8 Å². The molecular formula is C16H24N2O4. The Morgan fingerprint density at radius 1 is 1.23 bits per heavy atom. The van der Waals surface area contributed by atoms with E-state index in [-0.39, 0.29) is 10.6 Å². The third-order valence-corrected chi connectivity index (χ3v) is 4.45. The van der Waals surface area contributed by atoms with E-state index in [4.69, 9.17) is 9.47 Å². The molecule has 1 aliphatic carbocycles. The zero-order valence-electron chi connectivity index (χ0n) is 13.4. The van der Waals surface area contributed by atoms with E-state index in [1.165, 1.54) is 39.5 Å². The second kappa shape index (κ2) is 7.45. The van der Waals surface area contributed by atoms with E-state index in [1.54, 1.807) is 6.07 Å². The van der Waals surface area contributed by atoms with Crippen LogP contribution in [0.4, 0.5) is 5.69 Å². The third kappa shape index (κ3) is 3.68. The molecule has 6 heteroatoms. The monoisotopic (exact) mass is 308 g/mol. The quantitative estimate of drug-likeness (QED) is 0.645. The fourth-order valence-electron chi connectivity index (χ4n) is 3.08. The van der Waals surface area contributed by atoms with Gasteiger partial charge in [0.25, 0.3) is 5.69 Å². The molecule has 0 radical (unpaired) electrons. The van der Waals surface area contributed by atoms with Crippen molar-refractivity contribution in [2.24, 2.45) is 5.92 Å². The first kappa shape index (κ1) is 16.5. The number of rotatable bonds is 6. The van der Waals surface area contributed by atoms with Crippen LogP contribution in [0.5, 0.6) is 11.5 Å². The van der Waals surface area contributed by atoms with Crippen LogP contribution in [-0.2, 0) is 6.54 Å². The number of benzene rings is 1. The normalized spacial score (nSPS) is 21.4. The molecule has 0 aliphatic heterocycles. The summed E-state index contributed by atoms with van der Waals surface area (Å²) >= 11 is 0. The SMILES string of the molecule is COc1cc(CNC2CCCCC2C)c([N+](=O)[O-])cc1OC. The van der Waals surface area contributed by atoms with Crippen LogP contribution in [0.1, 0.15) is 38.2 Å². The Kier molecular flexibility index (Phi) is 5.60. The van der Waals surface area contributed by atoms with Crippen LogP contribution in [0, 0.1) is 16.0 Å². The fraction of sp³-hybridized carbons (Fsp3) is 0.625. The number of nitrogens with zero attached hydrogens (tertiary/aromatic N) is 1. The summed E-state index contributed by atoms with van der Waals surface area (Å²) in [5.41, 5.74) is 0.689.